The molecule has 0 spiro atoms. The standard InChI is InChI=1S/C13H14F3N5O/c14-13(15,16)10-2-1-3-11(20-10)17-6-8-4-5-9(22-8)12-18-7-19-21-12/h1-3,7-9H,4-6H2,(H,17,20)(H,18,19,21)/t8-,9+/m1/s1. The minimum Gasteiger partial charge on any atom is -0.367 e. The maximum absolute atomic E-state index is 12.6. The summed E-state index contributed by atoms with van der Waals surface area (Å²) in [5.74, 6) is 0.848. The number of hydrogen-bond donors (Lipinski definition) is 2. The molecule has 3 heterocycles. The van der Waals surface area contributed by atoms with Gasteiger partial charge in [0, 0.05) is 6.54 Å². The zero-order chi connectivity index (χ0) is 15.6. The number of aromatic nitrogens is 4. The Morgan fingerprint density at radius 3 is 2.91 bits per heavy atom. The van der Waals surface area contributed by atoms with E-state index in [-0.39, 0.29) is 18.0 Å². The van der Waals surface area contributed by atoms with Crippen molar-refractivity contribution in [3.63, 3.8) is 0 Å². The average Bonchev–Trinajstić information content (AvgIpc) is 3.15. The molecule has 0 radical (unpaired) electrons. The highest BCUT2D eigenvalue weighted by Gasteiger charge is 2.32. The van der Waals surface area contributed by atoms with E-state index in [1.54, 1.807) is 0 Å². The molecule has 0 unspecified atom stereocenters. The second-order valence-electron chi connectivity index (χ2n) is 4.98. The van der Waals surface area contributed by atoms with Crippen LogP contribution in [-0.2, 0) is 10.9 Å². The van der Waals surface area contributed by atoms with Gasteiger partial charge in [0.05, 0.1) is 6.10 Å². The highest BCUT2D eigenvalue weighted by Crippen LogP contribution is 2.31. The van der Waals surface area contributed by atoms with Gasteiger partial charge < -0.3 is 10.1 Å². The predicted octanol–water partition coefficient (Wildman–Crippen LogP) is 2.55. The lowest BCUT2D eigenvalue weighted by Crippen LogP contribution is -2.20. The van der Waals surface area contributed by atoms with Crippen LogP contribution < -0.4 is 5.32 Å². The molecule has 1 saturated heterocycles. The lowest BCUT2D eigenvalue weighted by Gasteiger charge is -2.14. The molecule has 2 aromatic heterocycles. The smallest absolute Gasteiger partial charge is 0.367 e. The number of nitrogens with zero attached hydrogens (tertiary/aromatic N) is 3. The average molecular weight is 313 g/mol. The molecule has 0 aromatic carbocycles. The molecular formula is C13H14F3N5O. The number of nitrogens with one attached hydrogen (secondary N) is 2. The van der Waals surface area contributed by atoms with Crippen molar-refractivity contribution in [1.82, 2.24) is 20.2 Å². The molecule has 0 bridgehead atoms. The maximum atomic E-state index is 12.6. The molecule has 2 aromatic rings. The molecule has 1 aliphatic heterocycles. The van der Waals surface area contributed by atoms with E-state index in [4.69, 9.17) is 4.74 Å². The minimum atomic E-state index is -4.45. The molecule has 1 aliphatic rings. The summed E-state index contributed by atoms with van der Waals surface area (Å²) in [4.78, 5) is 7.59. The van der Waals surface area contributed by atoms with E-state index >= 15 is 0 Å². The Balaban J connectivity index is 1.55. The van der Waals surface area contributed by atoms with Gasteiger partial charge in [-0.05, 0) is 25.0 Å². The van der Waals surface area contributed by atoms with E-state index < -0.39 is 11.9 Å². The zero-order valence-corrected chi connectivity index (χ0v) is 11.5. The van der Waals surface area contributed by atoms with Gasteiger partial charge in [-0.1, -0.05) is 6.07 Å². The first kappa shape index (κ1) is 14.8. The summed E-state index contributed by atoms with van der Waals surface area (Å²) >= 11 is 0. The van der Waals surface area contributed by atoms with Gasteiger partial charge in [-0.3, -0.25) is 5.10 Å². The fourth-order valence-corrected chi connectivity index (χ4v) is 2.34. The Labute approximate surface area is 124 Å². The van der Waals surface area contributed by atoms with E-state index in [0.29, 0.717) is 12.4 Å². The van der Waals surface area contributed by atoms with Gasteiger partial charge in [-0.15, -0.1) is 0 Å². The Hall–Kier alpha value is -2.16. The van der Waals surface area contributed by atoms with Crippen LogP contribution >= 0.6 is 0 Å². The lowest BCUT2D eigenvalue weighted by molar-refractivity contribution is -0.141. The van der Waals surface area contributed by atoms with Gasteiger partial charge in [-0.2, -0.15) is 18.3 Å². The van der Waals surface area contributed by atoms with Crippen molar-refractivity contribution >= 4 is 5.82 Å². The minimum absolute atomic E-state index is 0.105. The van der Waals surface area contributed by atoms with E-state index in [9.17, 15) is 13.2 Å². The summed E-state index contributed by atoms with van der Waals surface area (Å²) < 4.78 is 43.5. The number of pyridine rings is 1. The highest BCUT2D eigenvalue weighted by atomic mass is 19.4. The molecule has 3 rings (SSSR count). The Bertz CT molecular complexity index is 616. The molecule has 0 amide bonds. The number of anilines is 1. The summed E-state index contributed by atoms with van der Waals surface area (Å²) in [6.45, 7) is 0.388. The first-order valence-corrected chi connectivity index (χ1v) is 6.81. The van der Waals surface area contributed by atoms with Crippen LogP contribution in [0.2, 0.25) is 0 Å². The number of halogens is 3. The Morgan fingerprint density at radius 1 is 1.32 bits per heavy atom. The third-order valence-corrected chi connectivity index (χ3v) is 3.40. The van der Waals surface area contributed by atoms with Crippen LogP contribution in [0.15, 0.2) is 24.5 Å². The molecule has 1 fully saturated rings. The molecule has 2 N–H and O–H groups in total. The Morgan fingerprint density at radius 2 is 2.18 bits per heavy atom. The van der Waals surface area contributed by atoms with Crippen LogP contribution in [0.4, 0.5) is 19.0 Å². The third-order valence-electron chi connectivity index (χ3n) is 3.40. The van der Waals surface area contributed by atoms with Crippen molar-refractivity contribution in [2.45, 2.75) is 31.2 Å². The topological polar surface area (TPSA) is 75.7 Å². The molecular weight excluding hydrogens is 299 g/mol. The summed E-state index contributed by atoms with van der Waals surface area (Å²) in [7, 11) is 0. The van der Waals surface area contributed by atoms with Crippen LogP contribution in [0.5, 0.6) is 0 Å². The lowest BCUT2D eigenvalue weighted by atomic mass is 10.2. The monoisotopic (exact) mass is 313 g/mol. The first-order valence-electron chi connectivity index (χ1n) is 6.81. The van der Waals surface area contributed by atoms with Crippen LogP contribution in [0, 0.1) is 0 Å². The second-order valence-corrected chi connectivity index (χ2v) is 4.98. The number of alkyl halides is 3. The van der Waals surface area contributed by atoms with Gasteiger partial charge in [0.15, 0.2) is 5.82 Å². The number of ether oxygens (including phenoxy) is 1. The van der Waals surface area contributed by atoms with E-state index in [0.717, 1.165) is 18.9 Å². The first-order chi connectivity index (χ1) is 10.5. The summed E-state index contributed by atoms with van der Waals surface area (Å²) in [6.07, 6.45) is -1.71. The van der Waals surface area contributed by atoms with Gasteiger partial charge in [-0.25, -0.2) is 9.97 Å². The van der Waals surface area contributed by atoms with Gasteiger partial charge in [0.25, 0.3) is 0 Å². The maximum Gasteiger partial charge on any atom is 0.433 e. The van der Waals surface area contributed by atoms with Crippen molar-refractivity contribution < 1.29 is 17.9 Å². The zero-order valence-electron chi connectivity index (χ0n) is 11.5. The third kappa shape index (κ3) is 3.35. The normalized spacial score (nSPS) is 22.0. The quantitative estimate of drug-likeness (QED) is 0.907. The number of hydrogen-bond acceptors (Lipinski definition) is 5. The van der Waals surface area contributed by atoms with Crippen molar-refractivity contribution in [3.05, 3.63) is 36.0 Å². The fraction of sp³-hybridized carbons (Fsp3) is 0.462. The molecule has 6 nitrogen and oxygen atoms in total. The molecule has 9 heteroatoms. The molecule has 22 heavy (non-hydrogen) atoms. The summed E-state index contributed by atoms with van der Waals surface area (Å²) in [5, 5.41) is 9.41. The van der Waals surface area contributed by atoms with Gasteiger partial charge >= 0.3 is 6.18 Å². The second kappa shape index (κ2) is 5.91. The van der Waals surface area contributed by atoms with Crippen molar-refractivity contribution in [2.24, 2.45) is 0 Å². The number of aromatic amines is 1. The summed E-state index contributed by atoms with van der Waals surface area (Å²) in [5.41, 5.74) is -0.913. The fourth-order valence-electron chi connectivity index (χ4n) is 2.34. The number of H-pyrrole nitrogens is 1. The Kier molecular flexibility index (Phi) is 3.97. The van der Waals surface area contributed by atoms with Crippen LogP contribution in [0.3, 0.4) is 0 Å². The molecule has 0 aliphatic carbocycles. The van der Waals surface area contributed by atoms with Crippen molar-refractivity contribution in [3.8, 4) is 0 Å². The highest BCUT2D eigenvalue weighted by molar-refractivity contribution is 5.36. The molecule has 118 valence electrons. The number of rotatable bonds is 4. The molecule has 2 atom stereocenters. The molecule has 0 saturated carbocycles. The summed E-state index contributed by atoms with van der Waals surface area (Å²) in [6, 6.07) is 3.76. The largest absolute Gasteiger partial charge is 0.433 e. The van der Waals surface area contributed by atoms with Gasteiger partial charge in [0.2, 0.25) is 0 Å². The van der Waals surface area contributed by atoms with Crippen LogP contribution in [0.25, 0.3) is 0 Å². The van der Waals surface area contributed by atoms with Crippen molar-refractivity contribution in [1.29, 1.82) is 0 Å². The SMILES string of the molecule is FC(F)(F)c1cccc(NC[C@H]2CC[C@@H](c3ncn[nH]3)O2)n1. The van der Waals surface area contributed by atoms with Crippen LogP contribution in [-0.4, -0.2) is 32.8 Å². The van der Waals surface area contributed by atoms with E-state index in [1.165, 1.54) is 18.5 Å². The van der Waals surface area contributed by atoms with Crippen LogP contribution in [0.1, 0.15) is 30.5 Å². The van der Waals surface area contributed by atoms with E-state index in [1.807, 2.05) is 0 Å². The van der Waals surface area contributed by atoms with Crippen molar-refractivity contribution in [2.75, 3.05) is 11.9 Å². The van der Waals surface area contributed by atoms with Gasteiger partial charge in [0.1, 0.15) is 23.9 Å². The van der Waals surface area contributed by atoms with E-state index in [2.05, 4.69) is 25.5 Å². The predicted molar refractivity (Wildman–Crippen MR) is 71.0 cm³/mol.